The van der Waals surface area contributed by atoms with Crippen molar-refractivity contribution in [3.8, 4) is 11.8 Å². The molecule has 0 saturated carbocycles. The molecule has 0 aliphatic carbocycles. The quantitative estimate of drug-likeness (QED) is 0.711. The lowest BCUT2D eigenvalue weighted by molar-refractivity contribution is 0.281. The second-order valence-electron chi connectivity index (χ2n) is 5.46. The van der Waals surface area contributed by atoms with E-state index in [4.69, 9.17) is 27.3 Å². The van der Waals surface area contributed by atoms with Crippen LogP contribution in [0.1, 0.15) is 12.0 Å². The largest absolute Gasteiger partial charge is 0.492 e. The molecule has 9 heteroatoms. The maximum Gasteiger partial charge on any atom is 0.240 e. The van der Waals surface area contributed by atoms with Crippen LogP contribution in [-0.4, -0.2) is 27.6 Å². The SMILES string of the molecule is N#Cc1ccc(OCC(N)CCNS(=O)(=O)c2ccc(Cl)cc2)cc1F. The van der Waals surface area contributed by atoms with Gasteiger partial charge in [-0.05, 0) is 42.8 Å². The maximum atomic E-state index is 13.5. The highest BCUT2D eigenvalue weighted by Crippen LogP contribution is 2.16. The van der Waals surface area contributed by atoms with Gasteiger partial charge >= 0.3 is 0 Å². The van der Waals surface area contributed by atoms with Crippen LogP contribution in [0.4, 0.5) is 4.39 Å². The lowest BCUT2D eigenvalue weighted by atomic mass is 10.2. The van der Waals surface area contributed by atoms with Crippen molar-refractivity contribution in [2.45, 2.75) is 17.4 Å². The van der Waals surface area contributed by atoms with E-state index in [1.165, 1.54) is 36.4 Å². The summed E-state index contributed by atoms with van der Waals surface area (Å²) in [7, 11) is -3.64. The monoisotopic (exact) mass is 397 g/mol. The molecule has 138 valence electrons. The Hall–Kier alpha value is -2.18. The molecule has 2 aromatic carbocycles. The summed E-state index contributed by atoms with van der Waals surface area (Å²) in [5.74, 6) is -0.423. The average molecular weight is 398 g/mol. The fraction of sp³-hybridized carbons (Fsp3) is 0.235. The van der Waals surface area contributed by atoms with E-state index in [0.29, 0.717) is 11.4 Å². The summed E-state index contributed by atoms with van der Waals surface area (Å²) in [5, 5.41) is 9.12. The highest BCUT2D eigenvalue weighted by molar-refractivity contribution is 7.89. The zero-order valence-corrected chi connectivity index (χ0v) is 15.2. The summed E-state index contributed by atoms with van der Waals surface area (Å²) in [4.78, 5) is 0.111. The van der Waals surface area contributed by atoms with Crippen molar-refractivity contribution in [2.75, 3.05) is 13.2 Å². The molecule has 0 fully saturated rings. The standard InChI is InChI=1S/C17H17ClFN3O3S/c18-13-2-5-16(6-3-13)26(23,24)22-8-7-14(21)11-25-15-4-1-12(10-20)17(19)9-15/h1-6,9,14,22H,7-8,11,21H2. The first kappa shape index (κ1) is 20.1. The van der Waals surface area contributed by atoms with E-state index in [9.17, 15) is 12.8 Å². The normalized spacial score (nSPS) is 12.4. The van der Waals surface area contributed by atoms with E-state index in [1.54, 1.807) is 6.07 Å². The summed E-state index contributed by atoms with van der Waals surface area (Å²) in [6.45, 7) is 0.200. The number of nitrogens with one attached hydrogen (secondary N) is 1. The predicted octanol–water partition coefficient (Wildman–Crippen LogP) is 2.43. The van der Waals surface area contributed by atoms with Crippen LogP contribution < -0.4 is 15.2 Å². The Morgan fingerprint density at radius 3 is 2.58 bits per heavy atom. The van der Waals surface area contributed by atoms with E-state index in [2.05, 4.69) is 4.72 Å². The van der Waals surface area contributed by atoms with Crippen LogP contribution in [0.15, 0.2) is 47.4 Å². The molecule has 1 atom stereocenters. The van der Waals surface area contributed by atoms with Gasteiger partial charge in [-0.15, -0.1) is 0 Å². The fourth-order valence-electron chi connectivity index (χ4n) is 2.04. The molecule has 2 rings (SSSR count). The summed E-state index contributed by atoms with van der Waals surface area (Å²) in [6.07, 6.45) is 0.325. The molecule has 0 radical (unpaired) electrons. The Kier molecular flexibility index (Phi) is 6.94. The number of hydrogen-bond donors (Lipinski definition) is 2. The molecule has 0 bridgehead atoms. The third kappa shape index (κ3) is 5.68. The smallest absolute Gasteiger partial charge is 0.240 e. The maximum absolute atomic E-state index is 13.5. The second kappa shape index (κ2) is 8.96. The van der Waals surface area contributed by atoms with E-state index in [1.807, 2.05) is 0 Å². The number of hydrogen-bond acceptors (Lipinski definition) is 5. The van der Waals surface area contributed by atoms with Crippen LogP contribution in [0.25, 0.3) is 0 Å². The molecule has 0 saturated heterocycles. The highest BCUT2D eigenvalue weighted by Gasteiger charge is 2.14. The first-order valence-corrected chi connectivity index (χ1v) is 9.51. The highest BCUT2D eigenvalue weighted by atomic mass is 35.5. The van der Waals surface area contributed by atoms with Crippen molar-refractivity contribution in [3.63, 3.8) is 0 Å². The average Bonchev–Trinajstić information content (AvgIpc) is 2.60. The summed E-state index contributed by atoms with van der Waals surface area (Å²) >= 11 is 5.73. The van der Waals surface area contributed by atoms with Gasteiger partial charge < -0.3 is 10.5 Å². The van der Waals surface area contributed by atoms with Gasteiger partial charge in [-0.3, -0.25) is 0 Å². The fourth-order valence-corrected chi connectivity index (χ4v) is 3.21. The first-order valence-electron chi connectivity index (χ1n) is 7.65. The van der Waals surface area contributed by atoms with Crippen molar-refractivity contribution >= 4 is 21.6 Å². The van der Waals surface area contributed by atoms with E-state index < -0.39 is 21.9 Å². The zero-order chi connectivity index (χ0) is 19.2. The van der Waals surface area contributed by atoms with E-state index in [0.717, 1.165) is 6.07 Å². The van der Waals surface area contributed by atoms with Crippen molar-refractivity contribution in [2.24, 2.45) is 5.73 Å². The van der Waals surface area contributed by atoms with Gasteiger partial charge in [-0.1, -0.05) is 11.6 Å². The van der Waals surface area contributed by atoms with Gasteiger partial charge in [0.05, 0.1) is 10.5 Å². The van der Waals surface area contributed by atoms with Crippen LogP contribution in [0.3, 0.4) is 0 Å². The molecule has 26 heavy (non-hydrogen) atoms. The van der Waals surface area contributed by atoms with Crippen LogP contribution in [-0.2, 0) is 10.0 Å². The zero-order valence-electron chi connectivity index (χ0n) is 13.7. The molecule has 0 amide bonds. The van der Waals surface area contributed by atoms with Crippen LogP contribution in [0.2, 0.25) is 5.02 Å². The molecule has 1 unspecified atom stereocenters. The van der Waals surface area contributed by atoms with Crippen LogP contribution in [0, 0.1) is 17.1 Å². The number of rotatable bonds is 8. The molecule has 0 spiro atoms. The number of nitrogens with zero attached hydrogens (tertiary/aromatic N) is 1. The number of sulfonamides is 1. The molecule has 6 nitrogen and oxygen atoms in total. The van der Waals surface area contributed by atoms with Gasteiger partial charge in [0.15, 0.2) is 0 Å². The van der Waals surface area contributed by atoms with Gasteiger partial charge in [0.25, 0.3) is 0 Å². The van der Waals surface area contributed by atoms with Gasteiger partial charge in [0.1, 0.15) is 24.2 Å². The molecule has 0 aliphatic rings. The second-order valence-corrected chi connectivity index (χ2v) is 7.67. The number of ether oxygens (including phenoxy) is 1. The number of benzene rings is 2. The Balaban J connectivity index is 1.80. The summed E-state index contributed by atoms with van der Waals surface area (Å²) in [6, 6.07) is 11.0. The minimum atomic E-state index is -3.64. The molecule has 2 aromatic rings. The molecule has 3 N–H and O–H groups in total. The summed E-state index contributed by atoms with van der Waals surface area (Å²) in [5.41, 5.74) is 5.81. The molecular weight excluding hydrogens is 381 g/mol. The number of nitrogens with two attached hydrogens (primary N) is 1. The van der Waals surface area contributed by atoms with Gasteiger partial charge in [-0.25, -0.2) is 17.5 Å². The molecular formula is C17H17ClFN3O3S. The minimum absolute atomic E-state index is 0.0711. The first-order chi connectivity index (χ1) is 12.3. The lowest BCUT2D eigenvalue weighted by Crippen LogP contribution is -2.34. The van der Waals surface area contributed by atoms with Gasteiger partial charge in [-0.2, -0.15) is 5.26 Å². The molecule has 0 heterocycles. The third-order valence-corrected chi connectivity index (χ3v) is 5.19. The van der Waals surface area contributed by atoms with E-state index >= 15 is 0 Å². The Morgan fingerprint density at radius 2 is 1.96 bits per heavy atom. The topological polar surface area (TPSA) is 105 Å². The van der Waals surface area contributed by atoms with Crippen molar-refractivity contribution in [3.05, 3.63) is 58.9 Å². The Bertz CT molecular complexity index is 898. The lowest BCUT2D eigenvalue weighted by Gasteiger charge is -2.14. The number of nitriles is 1. The minimum Gasteiger partial charge on any atom is -0.492 e. The van der Waals surface area contributed by atoms with Crippen molar-refractivity contribution in [1.29, 1.82) is 5.26 Å². The molecule has 0 aliphatic heterocycles. The van der Waals surface area contributed by atoms with Crippen LogP contribution in [0.5, 0.6) is 5.75 Å². The molecule has 0 aromatic heterocycles. The van der Waals surface area contributed by atoms with Gasteiger partial charge in [0.2, 0.25) is 10.0 Å². The summed E-state index contributed by atoms with van der Waals surface area (Å²) < 4.78 is 45.5. The Labute approximate surface area is 156 Å². The van der Waals surface area contributed by atoms with Crippen molar-refractivity contribution < 1.29 is 17.5 Å². The Morgan fingerprint density at radius 1 is 1.27 bits per heavy atom. The van der Waals surface area contributed by atoms with E-state index in [-0.39, 0.29) is 29.4 Å². The van der Waals surface area contributed by atoms with Crippen molar-refractivity contribution in [1.82, 2.24) is 4.72 Å². The van der Waals surface area contributed by atoms with Crippen LogP contribution >= 0.6 is 11.6 Å². The third-order valence-electron chi connectivity index (χ3n) is 3.46. The number of halogens is 2. The predicted molar refractivity (Wildman–Crippen MR) is 95.8 cm³/mol. The van der Waals surface area contributed by atoms with Gasteiger partial charge in [0, 0.05) is 23.7 Å².